The Balaban J connectivity index is 1.58. The number of rotatable bonds is 2. The second kappa shape index (κ2) is 6.30. The number of hydrogen-bond donors (Lipinski definition) is 0. The average Bonchev–Trinajstić information content (AvgIpc) is 3.01. The molecule has 0 bridgehead atoms. The Labute approximate surface area is 129 Å². The fourth-order valence-corrected chi connectivity index (χ4v) is 4.21. The third kappa shape index (κ3) is 3.08. The quantitative estimate of drug-likeness (QED) is 0.779. The van der Waals surface area contributed by atoms with Gasteiger partial charge in [-0.1, -0.05) is 47.7 Å². The molecule has 1 saturated carbocycles. The molecule has 0 radical (unpaired) electrons. The van der Waals surface area contributed by atoms with E-state index in [9.17, 15) is 4.79 Å². The van der Waals surface area contributed by atoms with Crippen LogP contribution >= 0.6 is 15.9 Å². The molecule has 1 aromatic rings. The number of nitrogens with zero attached hydrogens (tertiary/aromatic N) is 1. The number of benzene rings is 1. The van der Waals surface area contributed by atoms with Gasteiger partial charge in [0.25, 0.3) is 5.91 Å². The van der Waals surface area contributed by atoms with E-state index in [-0.39, 0.29) is 5.91 Å². The number of piperidine rings is 1. The van der Waals surface area contributed by atoms with Crippen molar-refractivity contribution in [2.75, 3.05) is 13.1 Å². The summed E-state index contributed by atoms with van der Waals surface area (Å²) in [5.41, 5.74) is 0.804. The fraction of sp³-hybridized carbons (Fsp3) is 0.588. The van der Waals surface area contributed by atoms with Gasteiger partial charge in [-0.25, -0.2) is 0 Å². The zero-order chi connectivity index (χ0) is 13.9. The number of halogens is 1. The third-order valence-electron chi connectivity index (χ3n) is 4.96. The van der Waals surface area contributed by atoms with Gasteiger partial charge in [0, 0.05) is 23.1 Å². The molecule has 1 saturated heterocycles. The van der Waals surface area contributed by atoms with E-state index in [0.717, 1.165) is 35.0 Å². The van der Waals surface area contributed by atoms with Crippen molar-refractivity contribution in [1.82, 2.24) is 4.90 Å². The Hall–Kier alpha value is -0.830. The fourth-order valence-electron chi connectivity index (χ4n) is 3.81. The molecule has 1 aromatic carbocycles. The maximum atomic E-state index is 12.5. The third-order valence-corrected chi connectivity index (χ3v) is 5.46. The highest BCUT2D eigenvalue weighted by Crippen LogP contribution is 2.36. The predicted molar refractivity (Wildman–Crippen MR) is 84.7 cm³/mol. The minimum absolute atomic E-state index is 0.191. The van der Waals surface area contributed by atoms with Gasteiger partial charge in [-0.05, 0) is 42.9 Å². The molecule has 20 heavy (non-hydrogen) atoms. The molecule has 0 aromatic heterocycles. The highest BCUT2D eigenvalue weighted by molar-refractivity contribution is 9.10. The summed E-state index contributed by atoms with van der Waals surface area (Å²) in [4.78, 5) is 14.5. The van der Waals surface area contributed by atoms with Gasteiger partial charge in [0.2, 0.25) is 0 Å². The van der Waals surface area contributed by atoms with Gasteiger partial charge < -0.3 is 4.90 Å². The summed E-state index contributed by atoms with van der Waals surface area (Å²) in [6.45, 7) is 1.87. The summed E-state index contributed by atoms with van der Waals surface area (Å²) >= 11 is 3.44. The maximum absolute atomic E-state index is 12.5. The largest absolute Gasteiger partial charge is 0.339 e. The van der Waals surface area contributed by atoms with Crippen LogP contribution in [0.25, 0.3) is 0 Å². The van der Waals surface area contributed by atoms with Crippen LogP contribution in [0.4, 0.5) is 0 Å². The molecule has 0 atom stereocenters. The van der Waals surface area contributed by atoms with Crippen LogP contribution in [0, 0.1) is 11.8 Å². The highest BCUT2D eigenvalue weighted by atomic mass is 79.9. The van der Waals surface area contributed by atoms with E-state index in [1.54, 1.807) is 0 Å². The van der Waals surface area contributed by atoms with Crippen LogP contribution in [0.5, 0.6) is 0 Å². The van der Waals surface area contributed by atoms with E-state index in [1.165, 1.54) is 38.5 Å². The first-order valence-corrected chi connectivity index (χ1v) is 8.58. The molecule has 1 amide bonds. The molecule has 1 aliphatic heterocycles. The summed E-state index contributed by atoms with van der Waals surface area (Å²) in [7, 11) is 0. The SMILES string of the molecule is O=C(c1cccc(Br)c1)N1CCC(C2CCCC2)CC1. The van der Waals surface area contributed by atoms with Crippen LogP contribution in [-0.2, 0) is 0 Å². The molecule has 1 aliphatic carbocycles. The minimum atomic E-state index is 0.191. The Morgan fingerprint density at radius 2 is 1.70 bits per heavy atom. The molecule has 2 aliphatic rings. The molecule has 108 valence electrons. The van der Waals surface area contributed by atoms with Gasteiger partial charge in [0.15, 0.2) is 0 Å². The van der Waals surface area contributed by atoms with Gasteiger partial charge >= 0.3 is 0 Å². The second-order valence-corrected chi connectivity index (χ2v) is 7.10. The summed E-state index contributed by atoms with van der Waals surface area (Å²) in [6.07, 6.45) is 8.08. The Kier molecular flexibility index (Phi) is 4.45. The standard InChI is InChI=1S/C17H22BrNO/c18-16-7-3-6-15(12-16)17(20)19-10-8-14(9-11-19)13-4-1-2-5-13/h3,6-7,12-14H,1-2,4-5,8-11H2. The molecule has 3 heteroatoms. The minimum Gasteiger partial charge on any atom is -0.339 e. The number of likely N-dealkylation sites (tertiary alicyclic amines) is 1. The van der Waals surface area contributed by atoms with Crippen molar-refractivity contribution >= 4 is 21.8 Å². The van der Waals surface area contributed by atoms with E-state index in [1.807, 2.05) is 29.2 Å². The average molecular weight is 336 g/mol. The lowest BCUT2D eigenvalue weighted by Gasteiger charge is -2.35. The first kappa shape index (κ1) is 14.1. The smallest absolute Gasteiger partial charge is 0.253 e. The molecule has 2 nitrogen and oxygen atoms in total. The predicted octanol–water partition coefficient (Wildman–Crippen LogP) is 4.49. The van der Waals surface area contributed by atoms with Crippen molar-refractivity contribution in [2.24, 2.45) is 11.8 Å². The summed E-state index contributed by atoms with van der Waals surface area (Å²) in [6, 6.07) is 7.73. The van der Waals surface area contributed by atoms with E-state index in [4.69, 9.17) is 0 Å². The maximum Gasteiger partial charge on any atom is 0.253 e. The molecule has 0 unspecified atom stereocenters. The van der Waals surface area contributed by atoms with Crippen molar-refractivity contribution in [2.45, 2.75) is 38.5 Å². The van der Waals surface area contributed by atoms with Crippen LogP contribution in [0.1, 0.15) is 48.9 Å². The normalized spacial score (nSPS) is 21.4. The zero-order valence-corrected chi connectivity index (χ0v) is 13.4. The molecular formula is C17H22BrNO. The first-order valence-electron chi connectivity index (χ1n) is 7.79. The van der Waals surface area contributed by atoms with E-state index < -0.39 is 0 Å². The number of carbonyl (C=O) groups excluding carboxylic acids is 1. The zero-order valence-electron chi connectivity index (χ0n) is 11.9. The van der Waals surface area contributed by atoms with Gasteiger partial charge in [-0.15, -0.1) is 0 Å². The molecular weight excluding hydrogens is 314 g/mol. The van der Waals surface area contributed by atoms with Crippen molar-refractivity contribution < 1.29 is 4.79 Å². The summed E-state index contributed by atoms with van der Waals surface area (Å²) in [5, 5.41) is 0. The Bertz CT molecular complexity index is 474. The van der Waals surface area contributed by atoms with Crippen LogP contribution in [0.15, 0.2) is 28.7 Å². The van der Waals surface area contributed by atoms with Crippen LogP contribution in [-0.4, -0.2) is 23.9 Å². The van der Waals surface area contributed by atoms with Crippen molar-refractivity contribution in [3.63, 3.8) is 0 Å². The van der Waals surface area contributed by atoms with Gasteiger partial charge in [-0.3, -0.25) is 4.79 Å². The highest BCUT2D eigenvalue weighted by Gasteiger charge is 2.30. The van der Waals surface area contributed by atoms with Crippen molar-refractivity contribution in [3.8, 4) is 0 Å². The van der Waals surface area contributed by atoms with Gasteiger partial charge in [0.1, 0.15) is 0 Å². The van der Waals surface area contributed by atoms with Crippen molar-refractivity contribution in [3.05, 3.63) is 34.3 Å². The second-order valence-electron chi connectivity index (χ2n) is 6.18. The molecule has 3 rings (SSSR count). The van der Waals surface area contributed by atoms with Crippen molar-refractivity contribution in [1.29, 1.82) is 0 Å². The first-order chi connectivity index (χ1) is 9.74. The monoisotopic (exact) mass is 335 g/mol. The van der Waals surface area contributed by atoms with E-state index in [0.29, 0.717) is 0 Å². The van der Waals surface area contributed by atoms with Crippen LogP contribution < -0.4 is 0 Å². The lowest BCUT2D eigenvalue weighted by Crippen LogP contribution is -2.39. The lowest BCUT2D eigenvalue weighted by atomic mass is 9.83. The molecule has 0 N–H and O–H groups in total. The molecule has 2 fully saturated rings. The summed E-state index contributed by atoms with van der Waals surface area (Å²) < 4.78 is 0.976. The van der Waals surface area contributed by atoms with Gasteiger partial charge in [-0.2, -0.15) is 0 Å². The molecule has 1 heterocycles. The lowest BCUT2D eigenvalue weighted by molar-refractivity contribution is 0.0659. The van der Waals surface area contributed by atoms with E-state index >= 15 is 0 Å². The van der Waals surface area contributed by atoms with Crippen LogP contribution in [0.3, 0.4) is 0 Å². The van der Waals surface area contributed by atoms with E-state index in [2.05, 4.69) is 15.9 Å². The molecule has 0 spiro atoms. The summed E-state index contributed by atoms with van der Waals surface area (Å²) in [5.74, 6) is 2.00. The topological polar surface area (TPSA) is 20.3 Å². The Morgan fingerprint density at radius 1 is 1.05 bits per heavy atom. The Morgan fingerprint density at radius 3 is 2.35 bits per heavy atom. The number of amides is 1. The number of carbonyl (C=O) groups is 1. The number of hydrogen-bond acceptors (Lipinski definition) is 1. The van der Waals surface area contributed by atoms with Gasteiger partial charge in [0.05, 0.1) is 0 Å². The van der Waals surface area contributed by atoms with Crippen LogP contribution in [0.2, 0.25) is 0 Å².